The predicted octanol–water partition coefficient (Wildman–Crippen LogP) is 5.40. The molecule has 0 radical (unpaired) electrons. The lowest BCUT2D eigenvalue weighted by atomic mass is 9.91. The number of ether oxygens (including phenoxy) is 3. The fourth-order valence-corrected chi connectivity index (χ4v) is 5.51. The molecule has 0 aliphatic carbocycles. The fourth-order valence-electron chi connectivity index (χ4n) is 5.51. The third-order valence-electron chi connectivity index (χ3n) is 7.57. The number of carboxylic acid groups (broad SMARTS) is 1. The van der Waals surface area contributed by atoms with Crippen molar-refractivity contribution >= 4 is 17.5 Å². The quantitative estimate of drug-likeness (QED) is 0.260. The van der Waals surface area contributed by atoms with Crippen LogP contribution < -0.4 is 14.8 Å². The molecule has 0 spiro atoms. The van der Waals surface area contributed by atoms with Gasteiger partial charge in [0.05, 0.1) is 25.0 Å². The summed E-state index contributed by atoms with van der Waals surface area (Å²) in [6.45, 7) is 9.58. The number of carboxylic acids is 1. The first-order chi connectivity index (χ1) is 20.9. The minimum absolute atomic E-state index is 0.0908. The van der Waals surface area contributed by atoms with Crippen molar-refractivity contribution < 1.29 is 33.3 Å². The van der Waals surface area contributed by atoms with E-state index in [0.29, 0.717) is 54.2 Å². The SMILES string of the molecule is COc1ccc(CCNC(=O)c2cc3nc(C)c(C(OC(C)(C)C)C(=O)O)c(-c4cc(F)c5c(c4C)CCCO5)n3n2)cc1. The highest BCUT2D eigenvalue weighted by atomic mass is 19.1. The molecular formula is C33H37FN4O6. The van der Waals surface area contributed by atoms with E-state index >= 15 is 4.39 Å². The van der Waals surface area contributed by atoms with Gasteiger partial charge in [-0.3, -0.25) is 4.79 Å². The van der Waals surface area contributed by atoms with E-state index in [1.807, 2.05) is 31.2 Å². The number of aromatic nitrogens is 3. The summed E-state index contributed by atoms with van der Waals surface area (Å²) in [5.41, 5.74) is 3.37. The van der Waals surface area contributed by atoms with Crippen LogP contribution in [0.3, 0.4) is 0 Å². The van der Waals surface area contributed by atoms with Crippen LogP contribution in [0.25, 0.3) is 16.9 Å². The minimum Gasteiger partial charge on any atom is -0.497 e. The molecule has 0 saturated heterocycles. The van der Waals surface area contributed by atoms with Gasteiger partial charge in [0.1, 0.15) is 5.75 Å². The molecule has 1 amide bonds. The number of nitrogens with one attached hydrogen (secondary N) is 1. The number of rotatable bonds is 9. The molecule has 1 unspecified atom stereocenters. The van der Waals surface area contributed by atoms with Gasteiger partial charge in [0.2, 0.25) is 0 Å². The summed E-state index contributed by atoms with van der Waals surface area (Å²) in [7, 11) is 1.60. The van der Waals surface area contributed by atoms with Crippen LogP contribution in [0.1, 0.15) is 71.7 Å². The Morgan fingerprint density at radius 2 is 1.91 bits per heavy atom. The van der Waals surface area contributed by atoms with Crippen LogP contribution in [-0.2, 0) is 22.4 Å². The molecule has 2 aromatic carbocycles. The maximum absolute atomic E-state index is 15.5. The second-order valence-electron chi connectivity index (χ2n) is 11.9. The number of hydrogen-bond acceptors (Lipinski definition) is 7. The lowest BCUT2D eigenvalue weighted by molar-refractivity contribution is -0.160. The lowest BCUT2D eigenvalue weighted by Crippen LogP contribution is -2.29. The van der Waals surface area contributed by atoms with Crippen LogP contribution >= 0.6 is 0 Å². The predicted molar refractivity (Wildman–Crippen MR) is 162 cm³/mol. The van der Waals surface area contributed by atoms with E-state index < -0.39 is 29.4 Å². The lowest BCUT2D eigenvalue weighted by Gasteiger charge is -2.28. The summed E-state index contributed by atoms with van der Waals surface area (Å²) in [5.74, 6) is -1.24. The van der Waals surface area contributed by atoms with Crippen molar-refractivity contribution in [3.63, 3.8) is 0 Å². The molecule has 5 rings (SSSR count). The van der Waals surface area contributed by atoms with Gasteiger partial charge in [0, 0.05) is 35.0 Å². The Balaban J connectivity index is 1.61. The number of aliphatic carboxylic acids is 1. The molecule has 0 saturated carbocycles. The van der Waals surface area contributed by atoms with E-state index in [2.05, 4.69) is 15.4 Å². The second kappa shape index (κ2) is 12.2. The van der Waals surface area contributed by atoms with Crippen molar-refractivity contribution in [2.24, 2.45) is 0 Å². The van der Waals surface area contributed by atoms with Gasteiger partial charge in [-0.1, -0.05) is 12.1 Å². The molecule has 232 valence electrons. The van der Waals surface area contributed by atoms with Gasteiger partial charge in [-0.15, -0.1) is 0 Å². The molecule has 10 nitrogen and oxygen atoms in total. The van der Waals surface area contributed by atoms with Gasteiger partial charge in [0.15, 0.2) is 29.0 Å². The van der Waals surface area contributed by atoms with E-state index in [0.717, 1.165) is 23.3 Å². The Kier molecular flexibility index (Phi) is 8.60. The Labute approximate surface area is 255 Å². The van der Waals surface area contributed by atoms with Gasteiger partial charge in [-0.25, -0.2) is 18.7 Å². The third-order valence-corrected chi connectivity index (χ3v) is 7.57. The number of aryl methyl sites for hydroxylation is 1. The van der Waals surface area contributed by atoms with Crippen molar-refractivity contribution in [2.75, 3.05) is 20.3 Å². The number of halogens is 1. The Morgan fingerprint density at radius 3 is 2.57 bits per heavy atom. The first-order valence-corrected chi connectivity index (χ1v) is 14.5. The average molecular weight is 605 g/mol. The Morgan fingerprint density at radius 1 is 1.18 bits per heavy atom. The number of benzene rings is 2. The van der Waals surface area contributed by atoms with E-state index in [4.69, 9.17) is 14.2 Å². The zero-order valence-electron chi connectivity index (χ0n) is 25.8. The molecule has 1 aliphatic heterocycles. The van der Waals surface area contributed by atoms with E-state index in [1.165, 1.54) is 16.6 Å². The zero-order chi connectivity index (χ0) is 31.8. The maximum atomic E-state index is 15.5. The minimum atomic E-state index is -1.44. The standard InChI is InChI=1S/C33H37FN4O6/c1-18-22-8-7-15-43-29(22)24(34)16-23(18)28-27(30(32(40)41)44-33(3,4)5)19(2)36-26-17-25(37-38(26)28)31(39)35-14-13-20-9-11-21(42-6)12-10-20/h9-12,16-17,30H,7-8,13-15H2,1-6H3,(H,35,39)(H,40,41). The number of fused-ring (bicyclic) bond motifs is 2. The number of hydrogen-bond donors (Lipinski definition) is 2. The van der Waals surface area contributed by atoms with Gasteiger partial charge >= 0.3 is 5.97 Å². The van der Waals surface area contributed by atoms with Crippen molar-refractivity contribution in [1.29, 1.82) is 0 Å². The highest BCUT2D eigenvalue weighted by Gasteiger charge is 2.35. The highest BCUT2D eigenvalue weighted by Crippen LogP contribution is 2.41. The molecule has 0 bridgehead atoms. The van der Waals surface area contributed by atoms with Gasteiger partial charge in [0.25, 0.3) is 5.91 Å². The van der Waals surface area contributed by atoms with Crippen molar-refractivity contribution in [3.05, 3.63) is 75.9 Å². The average Bonchev–Trinajstić information content (AvgIpc) is 3.41. The zero-order valence-corrected chi connectivity index (χ0v) is 25.8. The smallest absolute Gasteiger partial charge is 0.337 e. The molecule has 1 aliphatic rings. The van der Waals surface area contributed by atoms with E-state index in [-0.39, 0.29) is 17.0 Å². The fraction of sp³-hybridized carbons (Fsp3) is 0.394. The topological polar surface area (TPSA) is 124 Å². The van der Waals surface area contributed by atoms with E-state index in [1.54, 1.807) is 34.8 Å². The van der Waals surface area contributed by atoms with Crippen LogP contribution in [0.4, 0.5) is 4.39 Å². The summed E-state index contributed by atoms with van der Waals surface area (Å²) >= 11 is 0. The van der Waals surface area contributed by atoms with Crippen molar-refractivity contribution in [1.82, 2.24) is 19.9 Å². The largest absolute Gasteiger partial charge is 0.497 e. The van der Waals surface area contributed by atoms with Crippen LogP contribution in [0, 0.1) is 19.7 Å². The molecule has 11 heteroatoms. The van der Waals surface area contributed by atoms with Crippen molar-refractivity contribution in [3.8, 4) is 22.8 Å². The van der Waals surface area contributed by atoms with Crippen LogP contribution in [0.5, 0.6) is 11.5 Å². The summed E-state index contributed by atoms with van der Waals surface area (Å²) in [6, 6.07) is 10.5. The molecule has 0 fully saturated rings. The Bertz CT molecular complexity index is 1730. The molecular weight excluding hydrogens is 567 g/mol. The van der Waals surface area contributed by atoms with Crippen LogP contribution in [0.2, 0.25) is 0 Å². The second-order valence-corrected chi connectivity index (χ2v) is 11.9. The first-order valence-electron chi connectivity index (χ1n) is 14.5. The summed E-state index contributed by atoms with van der Waals surface area (Å²) in [4.78, 5) is 30.5. The molecule has 3 heterocycles. The number of nitrogens with zero attached hydrogens (tertiary/aromatic N) is 3. The summed E-state index contributed by atoms with van der Waals surface area (Å²) in [6.07, 6.45) is 0.483. The maximum Gasteiger partial charge on any atom is 0.337 e. The molecule has 1 atom stereocenters. The summed E-state index contributed by atoms with van der Waals surface area (Å²) < 4.78 is 33.8. The van der Waals surface area contributed by atoms with E-state index in [9.17, 15) is 14.7 Å². The Hall–Kier alpha value is -4.51. The van der Waals surface area contributed by atoms with Crippen LogP contribution in [0.15, 0.2) is 36.4 Å². The first kappa shape index (κ1) is 30.9. The van der Waals surface area contributed by atoms with Gasteiger partial charge in [-0.05, 0) is 83.2 Å². The summed E-state index contributed by atoms with van der Waals surface area (Å²) in [5, 5.41) is 17.8. The number of carbonyl (C=O) groups is 2. The molecule has 4 aromatic rings. The van der Waals surface area contributed by atoms with Gasteiger partial charge in [-0.2, -0.15) is 5.10 Å². The third kappa shape index (κ3) is 6.23. The molecule has 44 heavy (non-hydrogen) atoms. The monoisotopic (exact) mass is 604 g/mol. The normalized spacial score (nSPS) is 13.7. The highest BCUT2D eigenvalue weighted by molar-refractivity contribution is 5.93. The molecule has 2 N–H and O–H groups in total. The number of carbonyl (C=O) groups excluding carboxylic acids is 1. The number of methoxy groups -OCH3 is 1. The van der Waals surface area contributed by atoms with Crippen molar-refractivity contribution in [2.45, 2.75) is 65.6 Å². The van der Waals surface area contributed by atoms with Crippen LogP contribution in [-0.4, -0.2) is 57.4 Å². The van der Waals surface area contributed by atoms with Gasteiger partial charge < -0.3 is 24.6 Å². The number of amides is 1. The molecule has 2 aromatic heterocycles.